The molecule has 0 aromatic carbocycles. The highest BCUT2D eigenvalue weighted by Crippen LogP contribution is 2.14. The molecule has 15 heavy (non-hydrogen) atoms. The van der Waals surface area contributed by atoms with E-state index in [4.69, 9.17) is 0 Å². The summed E-state index contributed by atoms with van der Waals surface area (Å²) >= 11 is 1.53. The molecule has 1 unspecified atom stereocenters. The first-order valence-corrected chi connectivity index (χ1v) is 5.91. The Labute approximate surface area is 93.3 Å². The van der Waals surface area contributed by atoms with E-state index in [-0.39, 0.29) is 12.1 Å². The van der Waals surface area contributed by atoms with Crippen LogP contribution in [0.1, 0.15) is 6.42 Å². The molecule has 1 saturated heterocycles. The predicted octanol–water partition coefficient (Wildman–Crippen LogP) is 1.57. The molecule has 0 saturated carbocycles. The number of rotatable bonds is 2. The number of amides is 2. The molecule has 0 radical (unpaired) electrons. The summed E-state index contributed by atoms with van der Waals surface area (Å²) in [5.41, 5.74) is 0. The van der Waals surface area contributed by atoms with Crippen molar-refractivity contribution in [2.75, 3.05) is 25.5 Å². The van der Waals surface area contributed by atoms with Gasteiger partial charge in [-0.1, -0.05) is 0 Å². The van der Waals surface area contributed by atoms with Crippen molar-refractivity contribution in [3.63, 3.8) is 0 Å². The molecule has 0 bridgehead atoms. The van der Waals surface area contributed by atoms with Crippen LogP contribution in [0.3, 0.4) is 0 Å². The van der Waals surface area contributed by atoms with Gasteiger partial charge in [-0.3, -0.25) is 5.32 Å². The summed E-state index contributed by atoms with van der Waals surface area (Å²) in [6, 6.07) is 4.00. The van der Waals surface area contributed by atoms with Gasteiger partial charge < -0.3 is 10.2 Å². The fourth-order valence-corrected chi connectivity index (χ4v) is 2.35. The maximum Gasteiger partial charge on any atom is 0.320 e. The van der Waals surface area contributed by atoms with Crippen LogP contribution < -0.4 is 10.6 Å². The zero-order valence-corrected chi connectivity index (χ0v) is 9.51. The zero-order chi connectivity index (χ0) is 10.7. The van der Waals surface area contributed by atoms with Crippen molar-refractivity contribution in [1.29, 1.82) is 0 Å². The number of carbonyl (C=O) groups is 1. The second kappa shape index (κ2) is 4.63. The maximum absolute atomic E-state index is 11.5. The number of nitrogens with zero attached hydrogens (tertiary/aromatic N) is 1. The fraction of sp³-hybridized carbons (Fsp3) is 0.500. The highest BCUT2D eigenvalue weighted by atomic mass is 32.1. The second-order valence-electron chi connectivity index (χ2n) is 3.82. The average Bonchev–Trinajstić information content (AvgIpc) is 2.77. The van der Waals surface area contributed by atoms with Crippen LogP contribution in [0, 0.1) is 0 Å². The van der Waals surface area contributed by atoms with Gasteiger partial charge >= 0.3 is 6.03 Å². The van der Waals surface area contributed by atoms with Gasteiger partial charge in [-0.25, -0.2) is 4.79 Å². The van der Waals surface area contributed by atoms with Crippen LogP contribution >= 0.6 is 11.3 Å². The zero-order valence-electron chi connectivity index (χ0n) is 8.69. The summed E-state index contributed by atoms with van der Waals surface area (Å²) in [6.07, 6.45) is 1.04. The molecule has 2 amide bonds. The summed E-state index contributed by atoms with van der Waals surface area (Å²) in [5, 5.41) is 8.61. The molecule has 2 N–H and O–H groups in total. The highest BCUT2D eigenvalue weighted by Gasteiger charge is 2.20. The molecule has 1 fully saturated rings. The van der Waals surface area contributed by atoms with Crippen molar-refractivity contribution < 1.29 is 4.79 Å². The number of anilines is 1. The van der Waals surface area contributed by atoms with Crippen LogP contribution in [0.5, 0.6) is 0 Å². The summed E-state index contributed by atoms with van der Waals surface area (Å²) in [7, 11) is 2.07. The molecular weight excluding hydrogens is 210 g/mol. The maximum atomic E-state index is 11.5. The molecule has 1 aliphatic rings. The first-order valence-electron chi connectivity index (χ1n) is 5.03. The number of likely N-dealkylation sites (N-methyl/N-ethyl adjacent to an activating group) is 1. The topological polar surface area (TPSA) is 44.4 Å². The average molecular weight is 225 g/mol. The van der Waals surface area contributed by atoms with E-state index in [2.05, 4.69) is 22.6 Å². The number of nitrogens with one attached hydrogen (secondary N) is 2. The van der Waals surface area contributed by atoms with E-state index >= 15 is 0 Å². The number of urea groups is 1. The lowest BCUT2D eigenvalue weighted by molar-refractivity contribution is 0.248. The van der Waals surface area contributed by atoms with Gasteiger partial charge in [0, 0.05) is 12.6 Å². The summed E-state index contributed by atoms with van der Waals surface area (Å²) in [6.45, 7) is 2.00. The molecule has 1 aromatic heterocycles. The first-order chi connectivity index (χ1) is 7.24. The summed E-state index contributed by atoms with van der Waals surface area (Å²) in [5.74, 6) is 0. The molecule has 1 aromatic rings. The Balaban J connectivity index is 1.78. The fourth-order valence-electron chi connectivity index (χ4n) is 1.74. The van der Waals surface area contributed by atoms with Crippen molar-refractivity contribution in [2.45, 2.75) is 12.5 Å². The minimum atomic E-state index is -0.0993. The number of carbonyl (C=O) groups excluding carboxylic acids is 1. The van der Waals surface area contributed by atoms with E-state index in [1.165, 1.54) is 11.3 Å². The van der Waals surface area contributed by atoms with E-state index < -0.39 is 0 Å². The smallest absolute Gasteiger partial charge is 0.320 e. The predicted molar refractivity (Wildman–Crippen MR) is 62.4 cm³/mol. The third kappa shape index (κ3) is 2.94. The van der Waals surface area contributed by atoms with E-state index in [0.29, 0.717) is 0 Å². The Morgan fingerprint density at radius 2 is 2.53 bits per heavy atom. The normalized spacial score (nSPS) is 21.5. The second-order valence-corrected chi connectivity index (χ2v) is 4.77. The van der Waals surface area contributed by atoms with Crippen molar-refractivity contribution in [3.8, 4) is 0 Å². The van der Waals surface area contributed by atoms with Gasteiger partial charge in [-0.2, -0.15) is 0 Å². The van der Waals surface area contributed by atoms with Gasteiger partial charge in [-0.05, 0) is 37.5 Å². The quantitative estimate of drug-likeness (QED) is 0.802. The summed E-state index contributed by atoms with van der Waals surface area (Å²) in [4.78, 5) is 13.8. The number of hydrogen-bond acceptors (Lipinski definition) is 3. The third-order valence-electron chi connectivity index (χ3n) is 2.48. The minimum absolute atomic E-state index is 0.0993. The Hall–Kier alpha value is -1.07. The van der Waals surface area contributed by atoms with Gasteiger partial charge in [0.2, 0.25) is 0 Å². The van der Waals surface area contributed by atoms with Crippen LogP contribution in [0.25, 0.3) is 0 Å². The molecule has 82 valence electrons. The minimum Gasteiger partial charge on any atom is -0.334 e. The lowest BCUT2D eigenvalue weighted by atomic mass is 10.3. The Bertz CT molecular complexity index is 325. The van der Waals surface area contributed by atoms with Gasteiger partial charge in [0.1, 0.15) is 0 Å². The van der Waals surface area contributed by atoms with Crippen molar-refractivity contribution in [1.82, 2.24) is 10.2 Å². The van der Waals surface area contributed by atoms with E-state index in [9.17, 15) is 4.79 Å². The van der Waals surface area contributed by atoms with Crippen LogP contribution in [-0.4, -0.2) is 37.1 Å². The molecule has 0 aliphatic carbocycles. The lowest BCUT2D eigenvalue weighted by Crippen LogP contribution is -2.39. The number of likely N-dealkylation sites (tertiary alicyclic amines) is 1. The van der Waals surface area contributed by atoms with Gasteiger partial charge in [0.05, 0.1) is 5.00 Å². The number of thiophene rings is 1. The van der Waals surface area contributed by atoms with Crippen LogP contribution in [-0.2, 0) is 0 Å². The van der Waals surface area contributed by atoms with Gasteiger partial charge in [-0.15, -0.1) is 11.3 Å². The van der Waals surface area contributed by atoms with Crippen LogP contribution in [0.4, 0.5) is 9.80 Å². The van der Waals surface area contributed by atoms with E-state index in [1.54, 1.807) is 0 Å². The Morgan fingerprint density at radius 1 is 1.67 bits per heavy atom. The standard InChI is InChI=1S/C10H15N3OS/c1-13-5-4-8(7-13)11-10(14)12-9-3-2-6-15-9/h2-3,6,8H,4-5,7H2,1H3,(H2,11,12,14). The largest absolute Gasteiger partial charge is 0.334 e. The molecule has 1 atom stereocenters. The van der Waals surface area contributed by atoms with E-state index in [0.717, 1.165) is 24.5 Å². The molecular formula is C10H15N3OS. The van der Waals surface area contributed by atoms with Gasteiger partial charge in [0.25, 0.3) is 0 Å². The molecule has 0 spiro atoms. The van der Waals surface area contributed by atoms with Crippen molar-refractivity contribution in [2.24, 2.45) is 0 Å². The molecule has 4 nitrogen and oxygen atoms in total. The number of hydrogen-bond donors (Lipinski definition) is 2. The SMILES string of the molecule is CN1CCC(NC(=O)Nc2cccs2)C1. The monoisotopic (exact) mass is 225 g/mol. The van der Waals surface area contributed by atoms with Crippen LogP contribution in [0.2, 0.25) is 0 Å². The molecule has 1 aliphatic heterocycles. The third-order valence-corrected chi connectivity index (χ3v) is 3.27. The van der Waals surface area contributed by atoms with E-state index in [1.807, 2.05) is 17.5 Å². The molecule has 2 rings (SSSR count). The lowest BCUT2D eigenvalue weighted by Gasteiger charge is -2.12. The highest BCUT2D eigenvalue weighted by molar-refractivity contribution is 7.14. The van der Waals surface area contributed by atoms with Crippen molar-refractivity contribution >= 4 is 22.4 Å². The summed E-state index contributed by atoms with van der Waals surface area (Å²) < 4.78 is 0. The first kappa shape index (κ1) is 10.4. The van der Waals surface area contributed by atoms with Crippen molar-refractivity contribution in [3.05, 3.63) is 17.5 Å². The van der Waals surface area contributed by atoms with Gasteiger partial charge in [0.15, 0.2) is 0 Å². The van der Waals surface area contributed by atoms with Crippen LogP contribution in [0.15, 0.2) is 17.5 Å². The molecule has 5 heteroatoms. The Morgan fingerprint density at radius 3 is 3.13 bits per heavy atom. The molecule has 2 heterocycles. The Kier molecular flexibility index (Phi) is 3.23.